The second kappa shape index (κ2) is 6.89. The highest BCUT2D eigenvalue weighted by Crippen LogP contribution is 2.37. The number of halogens is 1. The molecule has 0 heterocycles. The zero-order valence-corrected chi connectivity index (χ0v) is 13.2. The fourth-order valence-electron chi connectivity index (χ4n) is 2.62. The summed E-state index contributed by atoms with van der Waals surface area (Å²) >= 11 is 3.37. The Morgan fingerprint density at radius 2 is 2.05 bits per heavy atom. The second-order valence-electron chi connectivity index (χ2n) is 5.40. The van der Waals surface area contributed by atoms with Gasteiger partial charge >= 0.3 is 5.97 Å². The molecule has 0 spiro atoms. The van der Waals surface area contributed by atoms with Crippen LogP contribution in [0.1, 0.15) is 31.2 Å². The summed E-state index contributed by atoms with van der Waals surface area (Å²) in [6, 6.07) is 7.59. The molecule has 112 valence electrons. The standard InChI is InChI=1S/C16H18BrNO3/c17-13-5-3-4-12(10-13)6-7-14(19)18-11-16(15(20)21)8-1-2-9-16/h3-7,10H,1-2,8-9,11H2,(H,18,19)(H,20,21)/b7-6+. The Morgan fingerprint density at radius 1 is 1.33 bits per heavy atom. The van der Waals surface area contributed by atoms with Gasteiger partial charge in [-0.25, -0.2) is 0 Å². The van der Waals surface area contributed by atoms with E-state index in [1.807, 2.05) is 24.3 Å². The molecule has 0 aromatic heterocycles. The van der Waals surface area contributed by atoms with Crippen LogP contribution >= 0.6 is 15.9 Å². The monoisotopic (exact) mass is 351 g/mol. The van der Waals surface area contributed by atoms with Crippen LogP contribution in [-0.4, -0.2) is 23.5 Å². The minimum atomic E-state index is -0.809. The molecule has 21 heavy (non-hydrogen) atoms. The number of rotatable bonds is 5. The second-order valence-corrected chi connectivity index (χ2v) is 6.31. The molecule has 1 aromatic rings. The van der Waals surface area contributed by atoms with E-state index >= 15 is 0 Å². The van der Waals surface area contributed by atoms with Crippen molar-refractivity contribution in [1.82, 2.24) is 5.32 Å². The van der Waals surface area contributed by atoms with E-state index in [1.165, 1.54) is 6.08 Å². The molecule has 2 rings (SSSR count). The van der Waals surface area contributed by atoms with E-state index in [0.717, 1.165) is 22.9 Å². The third-order valence-electron chi connectivity index (χ3n) is 3.89. The Kier molecular flexibility index (Phi) is 5.17. The largest absolute Gasteiger partial charge is 0.481 e. The van der Waals surface area contributed by atoms with E-state index in [0.29, 0.717) is 12.8 Å². The van der Waals surface area contributed by atoms with E-state index in [9.17, 15) is 14.7 Å². The number of carboxylic acids is 1. The quantitative estimate of drug-likeness (QED) is 0.800. The summed E-state index contributed by atoms with van der Waals surface area (Å²) in [6.45, 7) is 0.198. The van der Waals surface area contributed by atoms with Crippen molar-refractivity contribution in [2.24, 2.45) is 5.41 Å². The number of hydrogen-bond donors (Lipinski definition) is 2. The van der Waals surface area contributed by atoms with Crippen molar-refractivity contribution in [3.8, 4) is 0 Å². The molecule has 4 nitrogen and oxygen atoms in total. The molecule has 1 aliphatic rings. The third-order valence-corrected chi connectivity index (χ3v) is 4.38. The fourth-order valence-corrected chi connectivity index (χ4v) is 3.03. The number of aliphatic carboxylic acids is 1. The zero-order chi connectivity index (χ0) is 15.3. The molecule has 0 bridgehead atoms. The minimum absolute atomic E-state index is 0.198. The molecular formula is C16H18BrNO3. The van der Waals surface area contributed by atoms with Gasteiger partial charge in [0.15, 0.2) is 0 Å². The van der Waals surface area contributed by atoms with E-state index in [4.69, 9.17) is 0 Å². The van der Waals surface area contributed by atoms with Gasteiger partial charge in [-0.3, -0.25) is 9.59 Å². The maximum Gasteiger partial charge on any atom is 0.311 e. The molecule has 2 N–H and O–H groups in total. The summed E-state index contributed by atoms with van der Waals surface area (Å²) in [4.78, 5) is 23.2. The molecule has 0 atom stereocenters. The van der Waals surface area contributed by atoms with Crippen LogP contribution in [0, 0.1) is 5.41 Å². The van der Waals surface area contributed by atoms with Crippen molar-refractivity contribution >= 4 is 33.9 Å². The van der Waals surface area contributed by atoms with Gasteiger partial charge in [0.05, 0.1) is 5.41 Å². The van der Waals surface area contributed by atoms with Gasteiger partial charge in [0.2, 0.25) is 5.91 Å². The van der Waals surface area contributed by atoms with Crippen LogP contribution in [0.4, 0.5) is 0 Å². The molecule has 0 saturated heterocycles. The van der Waals surface area contributed by atoms with Crippen LogP contribution in [0.3, 0.4) is 0 Å². The normalized spacial score (nSPS) is 17.0. The highest BCUT2D eigenvalue weighted by atomic mass is 79.9. The highest BCUT2D eigenvalue weighted by Gasteiger charge is 2.41. The van der Waals surface area contributed by atoms with Crippen molar-refractivity contribution in [2.45, 2.75) is 25.7 Å². The molecule has 5 heteroatoms. The predicted molar refractivity (Wildman–Crippen MR) is 84.7 cm³/mol. The Morgan fingerprint density at radius 3 is 2.67 bits per heavy atom. The van der Waals surface area contributed by atoms with E-state index in [-0.39, 0.29) is 12.5 Å². The van der Waals surface area contributed by atoms with E-state index in [1.54, 1.807) is 6.08 Å². The first-order valence-electron chi connectivity index (χ1n) is 6.97. The number of hydrogen-bond acceptors (Lipinski definition) is 2. The van der Waals surface area contributed by atoms with Gasteiger partial charge in [0, 0.05) is 17.1 Å². The van der Waals surface area contributed by atoms with Gasteiger partial charge in [-0.1, -0.05) is 40.9 Å². The summed E-state index contributed by atoms with van der Waals surface area (Å²) in [5, 5.41) is 12.1. The summed E-state index contributed by atoms with van der Waals surface area (Å²) < 4.78 is 0.945. The molecule has 0 aliphatic heterocycles. The van der Waals surface area contributed by atoms with Crippen LogP contribution in [0.25, 0.3) is 6.08 Å². The third kappa shape index (κ3) is 4.17. The van der Waals surface area contributed by atoms with Gasteiger partial charge in [0.25, 0.3) is 0 Å². The van der Waals surface area contributed by atoms with Crippen molar-refractivity contribution < 1.29 is 14.7 Å². The Labute approximate surface area is 132 Å². The molecule has 1 fully saturated rings. The van der Waals surface area contributed by atoms with Gasteiger partial charge in [-0.2, -0.15) is 0 Å². The number of amides is 1. The van der Waals surface area contributed by atoms with Gasteiger partial charge in [0.1, 0.15) is 0 Å². The van der Waals surface area contributed by atoms with Crippen LogP contribution < -0.4 is 5.32 Å². The summed E-state index contributed by atoms with van der Waals surface area (Å²) in [5.41, 5.74) is 0.132. The maximum absolute atomic E-state index is 11.8. The first-order valence-corrected chi connectivity index (χ1v) is 7.76. The number of carbonyl (C=O) groups excluding carboxylic acids is 1. The minimum Gasteiger partial charge on any atom is -0.481 e. The smallest absolute Gasteiger partial charge is 0.311 e. The summed E-state index contributed by atoms with van der Waals surface area (Å²) in [7, 11) is 0. The fraction of sp³-hybridized carbons (Fsp3) is 0.375. The number of nitrogens with one attached hydrogen (secondary N) is 1. The van der Waals surface area contributed by atoms with Crippen LogP contribution in [-0.2, 0) is 9.59 Å². The first-order chi connectivity index (χ1) is 10.0. The lowest BCUT2D eigenvalue weighted by Crippen LogP contribution is -2.40. The lowest BCUT2D eigenvalue weighted by molar-refractivity contribution is -0.148. The average Bonchev–Trinajstić information content (AvgIpc) is 2.93. The van der Waals surface area contributed by atoms with Crippen molar-refractivity contribution in [3.63, 3.8) is 0 Å². The average molecular weight is 352 g/mol. The maximum atomic E-state index is 11.8. The van der Waals surface area contributed by atoms with Gasteiger partial charge in [-0.15, -0.1) is 0 Å². The molecule has 0 radical (unpaired) electrons. The lowest BCUT2D eigenvalue weighted by Gasteiger charge is -2.23. The molecule has 1 amide bonds. The molecule has 1 saturated carbocycles. The van der Waals surface area contributed by atoms with Gasteiger partial charge < -0.3 is 10.4 Å². The Bertz CT molecular complexity index is 562. The SMILES string of the molecule is O=C(/C=C/c1cccc(Br)c1)NCC1(C(=O)O)CCCC1. The topological polar surface area (TPSA) is 66.4 Å². The van der Waals surface area contributed by atoms with Crippen LogP contribution in [0.5, 0.6) is 0 Å². The summed E-state index contributed by atoms with van der Waals surface area (Å²) in [6.07, 6.45) is 6.25. The zero-order valence-electron chi connectivity index (χ0n) is 11.6. The van der Waals surface area contributed by atoms with Crippen molar-refractivity contribution in [2.75, 3.05) is 6.54 Å². The lowest BCUT2D eigenvalue weighted by atomic mass is 9.86. The first kappa shape index (κ1) is 15.8. The van der Waals surface area contributed by atoms with Crippen LogP contribution in [0.2, 0.25) is 0 Å². The number of benzene rings is 1. The molecule has 1 aromatic carbocycles. The Balaban J connectivity index is 1.91. The van der Waals surface area contributed by atoms with E-state index < -0.39 is 11.4 Å². The highest BCUT2D eigenvalue weighted by molar-refractivity contribution is 9.10. The predicted octanol–water partition coefficient (Wildman–Crippen LogP) is 3.22. The number of carbonyl (C=O) groups is 2. The molecular weight excluding hydrogens is 334 g/mol. The summed E-state index contributed by atoms with van der Waals surface area (Å²) in [5.74, 6) is -1.07. The van der Waals surface area contributed by atoms with Crippen LogP contribution in [0.15, 0.2) is 34.8 Å². The van der Waals surface area contributed by atoms with Gasteiger partial charge in [-0.05, 0) is 36.6 Å². The van der Waals surface area contributed by atoms with Crippen molar-refractivity contribution in [1.29, 1.82) is 0 Å². The molecule has 0 unspecified atom stereocenters. The molecule has 1 aliphatic carbocycles. The van der Waals surface area contributed by atoms with E-state index in [2.05, 4.69) is 21.2 Å². The number of carboxylic acid groups (broad SMARTS) is 1. The van der Waals surface area contributed by atoms with Crippen molar-refractivity contribution in [3.05, 3.63) is 40.4 Å². The Hall–Kier alpha value is -1.62.